The molecule has 0 atom stereocenters. The summed E-state index contributed by atoms with van der Waals surface area (Å²) >= 11 is 7.36. The second-order valence-corrected chi connectivity index (χ2v) is 7.45. The predicted octanol–water partition coefficient (Wildman–Crippen LogP) is 3.24. The first-order valence-electron chi connectivity index (χ1n) is 8.32. The molecule has 0 radical (unpaired) electrons. The number of nitrogens with one attached hydrogen (secondary N) is 2. The summed E-state index contributed by atoms with van der Waals surface area (Å²) in [6.07, 6.45) is 3.50. The molecule has 0 spiro atoms. The smallest absolute Gasteiger partial charge is 0.253 e. The van der Waals surface area contributed by atoms with Crippen LogP contribution in [-0.2, 0) is 11.3 Å². The molecule has 8 heteroatoms. The van der Waals surface area contributed by atoms with Gasteiger partial charge in [0.25, 0.3) is 5.56 Å². The van der Waals surface area contributed by atoms with E-state index in [1.165, 1.54) is 11.8 Å². The van der Waals surface area contributed by atoms with Gasteiger partial charge in [0.2, 0.25) is 5.91 Å². The molecule has 1 amide bonds. The van der Waals surface area contributed by atoms with Gasteiger partial charge in [-0.3, -0.25) is 14.2 Å². The molecule has 0 bridgehead atoms. The van der Waals surface area contributed by atoms with Crippen molar-refractivity contribution in [3.05, 3.63) is 74.9 Å². The van der Waals surface area contributed by atoms with Crippen molar-refractivity contribution < 1.29 is 4.79 Å². The van der Waals surface area contributed by atoms with Gasteiger partial charge in [-0.15, -0.1) is 0 Å². The third-order valence-electron chi connectivity index (χ3n) is 3.98. The zero-order valence-electron chi connectivity index (χ0n) is 15.0. The third kappa shape index (κ3) is 4.81. The molecule has 1 aromatic carbocycles. The summed E-state index contributed by atoms with van der Waals surface area (Å²) in [6.45, 7) is 3.89. The largest absolute Gasteiger partial charge is 0.351 e. The first-order chi connectivity index (χ1) is 12.9. The van der Waals surface area contributed by atoms with Crippen LogP contribution in [0.15, 0.2) is 52.7 Å². The fraction of sp³-hybridized carbons (Fsp3) is 0.211. The van der Waals surface area contributed by atoms with E-state index >= 15 is 0 Å². The fourth-order valence-corrected chi connectivity index (χ4v) is 3.68. The maximum absolute atomic E-state index is 12.2. The van der Waals surface area contributed by atoms with Gasteiger partial charge < -0.3 is 10.3 Å². The minimum atomic E-state index is -0.169. The normalized spacial score (nSPS) is 10.8. The molecule has 0 saturated carbocycles. The second kappa shape index (κ2) is 8.45. The Morgan fingerprint density at radius 1 is 1.33 bits per heavy atom. The molecule has 2 heterocycles. The van der Waals surface area contributed by atoms with Crippen molar-refractivity contribution in [1.29, 1.82) is 0 Å². The van der Waals surface area contributed by atoms with Crippen molar-refractivity contribution in [3.63, 3.8) is 0 Å². The number of carbonyl (C=O) groups is 1. The number of hydrogen-bond acceptors (Lipinski definition) is 4. The van der Waals surface area contributed by atoms with Crippen LogP contribution >= 0.6 is 23.4 Å². The lowest BCUT2D eigenvalue weighted by Gasteiger charge is -2.09. The lowest BCUT2D eigenvalue weighted by molar-refractivity contribution is -0.118. The van der Waals surface area contributed by atoms with Crippen LogP contribution in [0.1, 0.15) is 16.8 Å². The van der Waals surface area contributed by atoms with Gasteiger partial charge >= 0.3 is 0 Å². The van der Waals surface area contributed by atoms with Crippen LogP contribution in [-0.4, -0.2) is 26.2 Å². The van der Waals surface area contributed by atoms with E-state index < -0.39 is 0 Å². The molecule has 0 aliphatic carbocycles. The number of hydrogen-bond donors (Lipinski definition) is 2. The lowest BCUT2D eigenvalue weighted by atomic mass is 10.1. The standard InChI is InChI=1S/C19H19ClN4O2S/c1-12-8-13(2)23-18(26)16(12)10-22-17(25)11-27-19-21-6-7-24(19)15-5-3-4-14(20)9-15/h3-9H,10-11H2,1-2H3,(H,22,25)(H,23,26). The number of amides is 1. The highest BCUT2D eigenvalue weighted by Crippen LogP contribution is 2.22. The molecular formula is C19H19ClN4O2S. The van der Waals surface area contributed by atoms with Crippen molar-refractivity contribution in [3.8, 4) is 5.69 Å². The number of imidazole rings is 1. The van der Waals surface area contributed by atoms with Crippen LogP contribution in [0.2, 0.25) is 5.02 Å². The molecular weight excluding hydrogens is 384 g/mol. The molecule has 0 fully saturated rings. The Bertz CT molecular complexity index is 1030. The van der Waals surface area contributed by atoms with E-state index in [2.05, 4.69) is 15.3 Å². The molecule has 3 aromatic rings. The van der Waals surface area contributed by atoms with Crippen molar-refractivity contribution in [2.75, 3.05) is 5.75 Å². The monoisotopic (exact) mass is 402 g/mol. The van der Waals surface area contributed by atoms with Crippen LogP contribution in [0, 0.1) is 13.8 Å². The van der Waals surface area contributed by atoms with E-state index in [1.54, 1.807) is 12.3 Å². The first-order valence-corrected chi connectivity index (χ1v) is 9.68. The number of benzene rings is 1. The maximum Gasteiger partial charge on any atom is 0.253 e. The topological polar surface area (TPSA) is 79.8 Å². The van der Waals surface area contributed by atoms with Gasteiger partial charge in [-0.05, 0) is 43.7 Å². The minimum absolute atomic E-state index is 0.167. The highest BCUT2D eigenvalue weighted by molar-refractivity contribution is 7.99. The van der Waals surface area contributed by atoms with Gasteiger partial charge in [-0.1, -0.05) is 29.4 Å². The predicted molar refractivity (Wildman–Crippen MR) is 108 cm³/mol. The van der Waals surface area contributed by atoms with E-state index in [1.807, 2.05) is 48.9 Å². The Morgan fingerprint density at radius 3 is 2.89 bits per heavy atom. The number of halogens is 1. The van der Waals surface area contributed by atoms with E-state index in [9.17, 15) is 9.59 Å². The van der Waals surface area contributed by atoms with Crippen molar-refractivity contribution in [2.45, 2.75) is 25.5 Å². The molecule has 27 heavy (non-hydrogen) atoms. The van der Waals surface area contributed by atoms with Crippen molar-refractivity contribution in [1.82, 2.24) is 19.9 Å². The minimum Gasteiger partial charge on any atom is -0.351 e. The number of carbonyl (C=O) groups excluding carboxylic acids is 1. The summed E-state index contributed by atoms with van der Waals surface area (Å²) in [7, 11) is 0. The number of thioether (sulfide) groups is 1. The van der Waals surface area contributed by atoms with Gasteiger partial charge in [0.05, 0.1) is 5.75 Å². The summed E-state index contributed by atoms with van der Waals surface area (Å²) in [5.41, 5.74) is 2.94. The van der Waals surface area contributed by atoms with Gasteiger partial charge in [0, 0.05) is 40.9 Å². The summed E-state index contributed by atoms with van der Waals surface area (Å²) < 4.78 is 1.87. The Morgan fingerprint density at radius 2 is 2.15 bits per heavy atom. The number of pyridine rings is 1. The van der Waals surface area contributed by atoms with Gasteiger partial charge in [0.15, 0.2) is 5.16 Å². The average molecular weight is 403 g/mol. The van der Waals surface area contributed by atoms with E-state index in [0.29, 0.717) is 15.7 Å². The summed E-state index contributed by atoms with van der Waals surface area (Å²) in [5, 5.41) is 4.12. The highest BCUT2D eigenvalue weighted by Gasteiger charge is 2.11. The van der Waals surface area contributed by atoms with Crippen LogP contribution in [0.3, 0.4) is 0 Å². The molecule has 3 rings (SSSR count). The SMILES string of the molecule is Cc1cc(C)c(CNC(=O)CSc2nccn2-c2cccc(Cl)c2)c(=O)[nH]1. The van der Waals surface area contributed by atoms with E-state index in [-0.39, 0.29) is 23.8 Å². The Labute approximate surface area is 166 Å². The Balaban J connectivity index is 1.61. The number of rotatable bonds is 6. The summed E-state index contributed by atoms with van der Waals surface area (Å²) in [6, 6.07) is 9.31. The second-order valence-electron chi connectivity index (χ2n) is 6.07. The first kappa shape index (κ1) is 19.3. The molecule has 2 aromatic heterocycles. The van der Waals surface area contributed by atoms with Gasteiger partial charge in [0.1, 0.15) is 0 Å². The molecule has 0 aliphatic rings. The van der Waals surface area contributed by atoms with E-state index in [4.69, 9.17) is 11.6 Å². The summed E-state index contributed by atoms with van der Waals surface area (Å²) in [5.74, 6) is 0.0282. The number of nitrogens with zero attached hydrogens (tertiary/aromatic N) is 2. The Kier molecular flexibility index (Phi) is 6.03. The summed E-state index contributed by atoms with van der Waals surface area (Å²) in [4.78, 5) is 31.3. The molecule has 0 unspecified atom stereocenters. The van der Waals surface area contributed by atoms with Crippen molar-refractivity contribution >= 4 is 29.3 Å². The highest BCUT2D eigenvalue weighted by atomic mass is 35.5. The van der Waals surface area contributed by atoms with Crippen LogP contribution in [0.4, 0.5) is 0 Å². The van der Waals surface area contributed by atoms with E-state index in [0.717, 1.165) is 16.9 Å². The number of H-pyrrole nitrogens is 1. The Hall–Kier alpha value is -2.51. The fourth-order valence-electron chi connectivity index (χ4n) is 2.69. The lowest BCUT2D eigenvalue weighted by Crippen LogP contribution is -2.29. The average Bonchev–Trinajstić information content (AvgIpc) is 3.07. The number of aromatic nitrogens is 3. The number of aryl methyl sites for hydroxylation is 2. The molecule has 0 aliphatic heterocycles. The van der Waals surface area contributed by atoms with Crippen LogP contribution in [0.5, 0.6) is 0 Å². The number of aromatic amines is 1. The molecule has 0 saturated heterocycles. The van der Waals surface area contributed by atoms with Crippen LogP contribution < -0.4 is 10.9 Å². The van der Waals surface area contributed by atoms with Gasteiger partial charge in [-0.25, -0.2) is 4.98 Å². The van der Waals surface area contributed by atoms with Crippen molar-refractivity contribution in [2.24, 2.45) is 0 Å². The van der Waals surface area contributed by atoms with Gasteiger partial charge in [-0.2, -0.15) is 0 Å². The maximum atomic E-state index is 12.2. The zero-order chi connectivity index (χ0) is 19.4. The molecule has 140 valence electrons. The quantitative estimate of drug-likeness (QED) is 0.620. The van der Waals surface area contributed by atoms with Crippen LogP contribution in [0.25, 0.3) is 5.69 Å². The third-order valence-corrected chi connectivity index (χ3v) is 5.18. The molecule has 2 N–H and O–H groups in total. The molecule has 6 nitrogen and oxygen atoms in total. The zero-order valence-corrected chi connectivity index (χ0v) is 16.5.